The zero-order valence-electron chi connectivity index (χ0n) is 11.8. The smallest absolute Gasteiger partial charge is 0.262 e. The second-order valence-electron chi connectivity index (χ2n) is 4.70. The first-order valence-corrected chi connectivity index (χ1v) is 7.94. The zero-order valence-corrected chi connectivity index (χ0v) is 13.4. The molecule has 1 aromatic heterocycles. The third-order valence-corrected chi connectivity index (χ3v) is 5.23. The minimum Gasteiger partial charge on any atom is -0.337 e. The molecule has 0 N–H and O–H groups in total. The molecule has 0 aliphatic rings. The first-order chi connectivity index (χ1) is 9.73. The Balaban J connectivity index is 2.33. The lowest BCUT2D eigenvalue weighted by Crippen LogP contribution is -2.27. The van der Waals surface area contributed by atoms with Crippen molar-refractivity contribution in [1.82, 2.24) is 13.9 Å². The van der Waals surface area contributed by atoms with Gasteiger partial charge in [-0.05, 0) is 19.1 Å². The van der Waals surface area contributed by atoms with E-state index < -0.39 is 15.8 Å². The molecular weight excluding hydrogens is 317 g/mol. The largest absolute Gasteiger partial charge is 0.337 e. The summed E-state index contributed by atoms with van der Waals surface area (Å²) in [4.78, 5) is 4.00. The van der Waals surface area contributed by atoms with Gasteiger partial charge in [0.25, 0.3) is 10.0 Å². The SMILES string of the molecule is Cc1nc(S(=O)(=O)N(C)Cc2c(F)cccc2Cl)cn1C. The van der Waals surface area contributed by atoms with E-state index in [4.69, 9.17) is 11.6 Å². The minimum atomic E-state index is -3.80. The summed E-state index contributed by atoms with van der Waals surface area (Å²) in [7, 11) is -0.730. The lowest BCUT2D eigenvalue weighted by atomic mass is 10.2. The van der Waals surface area contributed by atoms with Crippen LogP contribution in [0.2, 0.25) is 5.02 Å². The highest BCUT2D eigenvalue weighted by atomic mass is 35.5. The van der Waals surface area contributed by atoms with Gasteiger partial charge in [0.2, 0.25) is 0 Å². The molecule has 0 radical (unpaired) electrons. The average molecular weight is 332 g/mol. The third kappa shape index (κ3) is 3.09. The van der Waals surface area contributed by atoms with E-state index in [1.165, 1.54) is 31.4 Å². The van der Waals surface area contributed by atoms with Crippen LogP contribution in [0, 0.1) is 12.7 Å². The van der Waals surface area contributed by atoms with Gasteiger partial charge < -0.3 is 4.57 Å². The molecule has 0 spiro atoms. The summed E-state index contributed by atoms with van der Waals surface area (Å²) < 4.78 is 41.2. The molecule has 5 nitrogen and oxygen atoms in total. The fourth-order valence-electron chi connectivity index (χ4n) is 1.80. The first-order valence-electron chi connectivity index (χ1n) is 6.12. The van der Waals surface area contributed by atoms with Crippen LogP contribution in [0.5, 0.6) is 0 Å². The van der Waals surface area contributed by atoms with Crippen LogP contribution in [0.4, 0.5) is 4.39 Å². The summed E-state index contributed by atoms with van der Waals surface area (Å²) >= 11 is 5.92. The van der Waals surface area contributed by atoms with Gasteiger partial charge in [0.05, 0.1) is 0 Å². The molecule has 0 bridgehead atoms. The van der Waals surface area contributed by atoms with Gasteiger partial charge in [0.15, 0.2) is 5.03 Å². The molecular formula is C13H15ClFN3O2S. The van der Waals surface area contributed by atoms with Crippen LogP contribution in [0.1, 0.15) is 11.4 Å². The van der Waals surface area contributed by atoms with Crippen molar-refractivity contribution in [3.05, 3.63) is 46.6 Å². The van der Waals surface area contributed by atoms with Crippen LogP contribution < -0.4 is 0 Å². The maximum absolute atomic E-state index is 13.7. The Bertz CT molecular complexity index is 734. The summed E-state index contributed by atoms with van der Waals surface area (Å²) in [5, 5.41) is 0.117. The molecule has 0 saturated heterocycles. The van der Waals surface area contributed by atoms with Crippen LogP contribution in [0.25, 0.3) is 0 Å². The molecule has 0 atom stereocenters. The number of imidazole rings is 1. The predicted molar refractivity (Wildman–Crippen MR) is 78.0 cm³/mol. The summed E-state index contributed by atoms with van der Waals surface area (Å²) in [5.41, 5.74) is 0.137. The van der Waals surface area contributed by atoms with Gasteiger partial charge in [0, 0.05) is 37.4 Å². The van der Waals surface area contributed by atoms with E-state index in [1.807, 2.05) is 0 Å². The quantitative estimate of drug-likeness (QED) is 0.864. The molecule has 2 rings (SSSR count). The van der Waals surface area contributed by atoms with Gasteiger partial charge in [-0.3, -0.25) is 0 Å². The van der Waals surface area contributed by atoms with Crippen molar-refractivity contribution in [3.63, 3.8) is 0 Å². The molecule has 21 heavy (non-hydrogen) atoms. The zero-order chi connectivity index (χ0) is 15.8. The van der Waals surface area contributed by atoms with Crippen molar-refractivity contribution in [2.24, 2.45) is 7.05 Å². The van der Waals surface area contributed by atoms with E-state index in [0.29, 0.717) is 5.82 Å². The van der Waals surface area contributed by atoms with Gasteiger partial charge in [-0.15, -0.1) is 0 Å². The Morgan fingerprint density at radius 3 is 2.62 bits per heavy atom. The molecule has 114 valence electrons. The van der Waals surface area contributed by atoms with Crippen molar-refractivity contribution in [2.75, 3.05) is 7.05 Å². The highest BCUT2D eigenvalue weighted by Crippen LogP contribution is 2.23. The second-order valence-corrected chi connectivity index (χ2v) is 7.10. The van der Waals surface area contributed by atoms with Gasteiger partial charge in [0.1, 0.15) is 11.6 Å². The Hall–Kier alpha value is -1.44. The molecule has 0 aliphatic carbocycles. The molecule has 0 aliphatic heterocycles. The number of rotatable bonds is 4. The third-order valence-electron chi connectivity index (χ3n) is 3.20. The van der Waals surface area contributed by atoms with Crippen molar-refractivity contribution in [3.8, 4) is 0 Å². The topological polar surface area (TPSA) is 55.2 Å². The van der Waals surface area contributed by atoms with Crippen molar-refractivity contribution >= 4 is 21.6 Å². The summed E-state index contributed by atoms with van der Waals surface area (Å²) in [5.74, 6) is 0.0349. The Labute approximate surface area is 128 Å². The van der Waals surface area contributed by atoms with Gasteiger partial charge in [-0.2, -0.15) is 4.31 Å². The van der Waals surface area contributed by atoms with Crippen molar-refractivity contribution in [1.29, 1.82) is 0 Å². The number of benzene rings is 1. The number of halogens is 2. The van der Waals surface area contributed by atoms with Crippen molar-refractivity contribution in [2.45, 2.75) is 18.5 Å². The maximum atomic E-state index is 13.7. The lowest BCUT2D eigenvalue weighted by Gasteiger charge is -2.16. The predicted octanol–water partition coefficient (Wildman–Crippen LogP) is 2.34. The number of nitrogens with zero attached hydrogens (tertiary/aromatic N) is 3. The fraction of sp³-hybridized carbons (Fsp3) is 0.308. The van der Waals surface area contributed by atoms with E-state index in [9.17, 15) is 12.8 Å². The van der Waals surface area contributed by atoms with Crippen LogP contribution in [-0.4, -0.2) is 29.3 Å². The first kappa shape index (κ1) is 15.9. The number of sulfonamides is 1. The van der Waals surface area contributed by atoms with Gasteiger partial charge in [-0.25, -0.2) is 17.8 Å². The molecule has 1 aromatic carbocycles. The van der Waals surface area contributed by atoms with E-state index in [2.05, 4.69) is 4.98 Å². The molecule has 2 aromatic rings. The molecule has 0 fully saturated rings. The lowest BCUT2D eigenvalue weighted by molar-refractivity contribution is 0.454. The summed E-state index contributed by atoms with van der Waals surface area (Å²) in [6.07, 6.45) is 1.42. The molecule has 1 heterocycles. The highest BCUT2D eigenvalue weighted by Gasteiger charge is 2.25. The van der Waals surface area contributed by atoms with Crippen LogP contribution in [0.3, 0.4) is 0 Å². The van der Waals surface area contributed by atoms with Gasteiger partial charge >= 0.3 is 0 Å². The monoisotopic (exact) mass is 331 g/mol. The van der Waals surface area contributed by atoms with Crippen LogP contribution >= 0.6 is 11.6 Å². The molecule has 0 saturated carbocycles. The van der Waals surface area contributed by atoms with E-state index in [-0.39, 0.29) is 22.2 Å². The Morgan fingerprint density at radius 1 is 1.43 bits per heavy atom. The molecule has 8 heteroatoms. The normalized spacial score (nSPS) is 12.1. The Morgan fingerprint density at radius 2 is 2.10 bits per heavy atom. The minimum absolute atomic E-state index is 0.0718. The van der Waals surface area contributed by atoms with E-state index in [1.54, 1.807) is 18.5 Å². The number of aromatic nitrogens is 2. The maximum Gasteiger partial charge on any atom is 0.262 e. The average Bonchev–Trinajstić information content (AvgIpc) is 2.74. The van der Waals surface area contributed by atoms with E-state index >= 15 is 0 Å². The number of aryl methyl sites for hydroxylation is 2. The fourth-order valence-corrected chi connectivity index (χ4v) is 3.18. The van der Waals surface area contributed by atoms with Crippen molar-refractivity contribution < 1.29 is 12.8 Å². The summed E-state index contributed by atoms with van der Waals surface area (Å²) in [6.45, 7) is 1.54. The number of hydrogen-bond acceptors (Lipinski definition) is 3. The standard InChI is InChI=1S/C13H15ClFN3O2S/c1-9-16-13(8-17(9)2)21(19,20)18(3)7-10-11(14)5-4-6-12(10)15/h4-6,8H,7H2,1-3H3. The molecule has 0 amide bonds. The highest BCUT2D eigenvalue weighted by molar-refractivity contribution is 7.89. The number of hydrogen-bond donors (Lipinski definition) is 0. The van der Waals surface area contributed by atoms with Crippen LogP contribution in [-0.2, 0) is 23.6 Å². The van der Waals surface area contributed by atoms with Crippen LogP contribution in [0.15, 0.2) is 29.4 Å². The second kappa shape index (κ2) is 5.75. The Kier molecular flexibility index (Phi) is 4.36. The van der Waals surface area contributed by atoms with E-state index in [0.717, 1.165) is 4.31 Å². The summed E-state index contributed by atoms with van der Waals surface area (Å²) in [6, 6.07) is 4.23. The molecule has 0 unspecified atom stereocenters. The van der Waals surface area contributed by atoms with Gasteiger partial charge in [-0.1, -0.05) is 17.7 Å².